The topological polar surface area (TPSA) is 9.23 Å². The molecular formula is C23H32O. The molecule has 130 valence electrons. The van der Waals surface area contributed by atoms with Crippen LogP contribution in [0.5, 0.6) is 5.75 Å². The van der Waals surface area contributed by atoms with Gasteiger partial charge in [0, 0.05) is 0 Å². The van der Waals surface area contributed by atoms with E-state index in [4.69, 9.17) is 4.74 Å². The predicted molar refractivity (Wildman–Crippen MR) is 103 cm³/mol. The first-order chi connectivity index (χ1) is 11.8. The lowest BCUT2D eigenvalue weighted by atomic mass is 9.74. The van der Waals surface area contributed by atoms with Gasteiger partial charge in [-0.15, -0.1) is 0 Å². The molecule has 0 aromatic heterocycles. The maximum absolute atomic E-state index is 5.76. The van der Waals surface area contributed by atoms with Gasteiger partial charge in [-0.1, -0.05) is 63.5 Å². The lowest BCUT2D eigenvalue weighted by molar-refractivity contribution is 0.240. The van der Waals surface area contributed by atoms with E-state index in [2.05, 4.69) is 56.3 Å². The second-order valence-corrected chi connectivity index (χ2v) is 7.66. The molecule has 1 saturated carbocycles. The Labute approximate surface area is 147 Å². The number of benzene rings is 1. The molecule has 0 aliphatic heterocycles. The van der Waals surface area contributed by atoms with Crippen LogP contribution in [0.3, 0.4) is 0 Å². The van der Waals surface area contributed by atoms with Crippen molar-refractivity contribution in [3.63, 3.8) is 0 Å². The summed E-state index contributed by atoms with van der Waals surface area (Å²) in [5, 5.41) is 0. The molecule has 3 rings (SSSR count). The first kappa shape index (κ1) is 17.3. The van der Waals surface area contributed by atoms with Crippen molar-refractivity contribution >= 4 is 5.57 Å². The quantitative estimate of drug-likeness (QED) is 0.532. The van der Waals surface area contributed by atoms with Gasteiger partial charge in [-0.25, -0.2) is 0 Å². The summed E-state index contributed by atoms with van der Waals surface area (Å²) in [5.74, 6) is 3.60. The maximum atomic E-state index is 5.76. The molecule has 2 aliphatic carbocycles. The van der Waals surface area contributed by atoms with Crippen molar-refractivity contribution < 1.29 is 4.74 Å². The average molecular weight is 325 g/mol. The molecule has 24 heavy (non-hydrogen) atoms. The minimum Gasteiger partial charge on any atom is -0.494 e. The molecule has 1 aromatic rings. The summed E-state index contributed by atoms with van der Waals surface area (Å²) in [4.78, 5) is 0. The third-order valence-electron chi connectivity index (χ3n) is 5.75. The van der Waals surface area contributed by atoms with Gasteiger partial charge in [0.05, 0.1) is 6.61 Å². The van der Waals surface area contributed by atoms with Crippen LogP contribution in [0, 0.1) is 17.8 Å². The zero-order valence-corrected chi connectivity index (χ0v) is 15.3. The van der Waals surface area contributed by atoms with Gasteiger partial charge >= 0.3 is 0 Å². The Morgan fingerprint density at radius 1 is 1.04 bits per heavy atom. The highest BCUT2D eigenvalue weighted by molar-refractivity contribution is 5.75. The fraction of sp³-hybridized carbons (Fsp3) is 0.565. The molecular weight excluding hydrogens is 292 g/mol. The van der Waals surface area contributed by atoms with Crippen LogP contribution in [-0.4, -0.2) is 6.61 Å². The fourth-order valence-corrected chi connectivity index (χ4v) is 3.99. The lowest BCUT2D eigenvalue weighted by Gasteiger charge is -2.32. The number of hydrogen-bond donors (Lipinski definition) is 0. The van der Waals surface area contributed by atoms with Crippen molar-refractivity contribution in [2.75, 3.05) is 6.61 Å². The Hall–Kier alpha value is -1.50. The second-order valence-electron chi connectivity index (χ2n) is 7.66. The van der Waals surface area contributed by atoms with Crippen LogP contribution in [0.15, 0.2) is 42.5 Å². The van der Waals surface area contributed by atoms with Crippen LogP contribution in [0.1, 0.15) is 64.4 Å². The third-order valence-corrected chi connectivity index (χ3v) is 5.75. The van der Waals surface area contributed by atoms with Gasteiger partial charge in [0.1, 0.15) is 5.75 Å². The first-order valence-corrected chi connectivity index (χ1v) is 9.88. The van der Waals surface area contributed by atoms with Crippen LogP contribution < -0.4 is 4.74 Å². The fourth-order valence-electron chi connectivity index (χ4n) is 3.99. The SMILES string of the molecule is CCCCOc1ccc(C2=CCC([C@H]3CC[C@H](C)CC3)C=C2)cc1. The summed E-state index contributed by atoms with van der Waals surface area (Å²) in [7, 11) is 0. The predicted octanol–water partition coefficient (Wildman–Crippen LogP) is 6.65. The van der Waals surface area contributed by atoms with E-state index in [0.29, 0.717) is 0 Å². The van der Waals surface area contributed by atoms with Crippen molar-refractivity contribution in [3.05, 3.63) is 48.1 Å². The molecule has 0 bridgehead atoms. The highest BCUT2D eigenvalue weighted by atomic mass is 16.5. The molecule has 0 heterocycles. The number of ether oxygens (including phenoxy) is 1. The molecule has 0 amide bonds. The van der Waals surface area contributed by atoms with Crippen molar-refractivity contribution in [2.24, 2.45) is 17.8 Å². The molecule has 0 spiro atoms. The van der Waals surface area contributed by atoms with E-state index in [1.54, 1.807) is 0 Å². The van der Waals surface area contributed by atoms with Crippen molar-refractivity contribution in [2.45, 2.75) is 58.8 Å². The molecule has 0 N–H and O–H groups in total. The molecule has 2 aliphatic rings. The maximum Gasteiger partial charge on any atom is 0.119 e. The zero-order valence-electron chi connectivity index (χ0n) is 15.3. The normalized spacial score (nSPS) is 26.9. The minimum atomic E-state index is 0.762. The van der Waals surface area contributed by atoms with E-state index in [-0.39, 0.29) is 0 Å². The van der Waals surface area contributed by atoms with E-state index < -0.39 is 0 Å². The van der Waals surface area contributed by atoms with Gasteiger partial charge in [-0.3, -0.25) is 0 Å². The molecule has 1 unspecified atom stereocenters. The number of unbranched alkanes of at least 4 members (excludes halogenated alkanes) is 1. The van der Waals surface area contributed by atoms with E-state index in [9.17, 15) is 0 Å². The van der Waals surface area contributed by atoms with E-state index in [1.165, 1.54) is 49.7 Å². The van der Waals surface area contributed by atoms with E-state index >= 15 is 0 Å². The van der Waals surface area contributed by atoms with Gasteiger partial charge < -0.3 is 4.74 Å². The van der Waals surface area contributed by atoms with Gasteiger partial charge in [0.2, 0.25) is 0 Å². The van der Waals surface area contributed by atoms with Crippen LogP contribution >= 0.6 is 0 Å². The molecule has 1 fully saturated rings. The van der Waals surface area contributed by atoms with Gasteiger partial charge in [-0.05, 0) is 66.7 Å². The highest BCUT2D eigenvalue weighted by Crippen LogP contribution is 2.38. The summed E-state index contributed by atoms with van der Waals surface area (Å²) in [6.45, 7) is 5.41. The molecule has 1 nitrogen and oxygen atoms in total. The zero-order chi connectivity index (χ0) is 16.8. The Bertz CT molecular complexity index is 558. The van der Waals surface area contributed by atoms with Gasteiger partial charge in [0.25, 0.3) is 0 Å². The van der Waals surface area contributed by atoms with Crippen LogP contribution in [0.2, 0.25) is 0 Å². The molecule has 0 saturated heterocycles. The van der Waals surface area contributed by atoms with Crippen molar-refractivity contribution in [3.8, 4) is 5.75 Å². The summed E-state index contributed by atoms with van der Waals surface area (Å²) < 4.78 is 5.76. The largest absolute Gasteiger partial charge is 0.494 e. The molecule has 1 atom stereocenters. The Kier molecular flexibility index (Phi) is 6.18. The monoisotopic (exact) mass is 324 g/mol. The first-order valence-electron chi connectivity index (χ1n) is 9.88. The summed E-state index contributed by atoms with van der Waals surface area (Å²) in [6, 6.07) is 8.60. The lowest BCUT2D eigenvalue weighted by Crippen LogP contribution is -2.20. The van der Waals surface area contributed by atoms with Crippen LogP contribution in [0.4, 0.5) is 0 Å². The summed E-state index contributed by atoms with van der Waals surface area (Å²) in [6.07, 6.45) is 16.5. The Morgan fingerprint density at radius 3 is 2.42 bits per heavy atom. The molecule has 1 heteroatoms. The second kappa shape index (κ2) is 8.55. The van der Waals surface area contributed by atoms with Crippen molar-refractivity contribution in [1.82, 2.24) is 0 Å². The average Bonchev–Trinajstić information content (AvgIpc) is 2.63. The highest BCUT2D eigenvalue weighted by Gasteiger charge is 2.25. The number of allylic oxidation sites excluding steroid dienone is 4. The smallest absolute Gasteiger partial charge is 0.119 e. The Balaban J connectivity index is 1.54. The minimum absolute atomic E-state index is 0.762. The van der Waals surface area contributed by atoms with Crippen LogP contribution in [-0.2, 0) is 0 Å². The van der Waals surface area contributed by atoms with E-state index in [1.807, 2.05) is 0 Å². The molecule has 1 aromatic carbocycles. The molecule has 0 radical (unpaired) electrons. The Morgan fingerprint density at radius 2 is 1.79 bits per heavy atom. The summed E-state index contributed by atoms with van der Waals surface area (Å²) >= 11 is 0. The van der Waals surface area contributed by atoms with Gasteiger partial charge in [-0.2, -0.15) is 0 Å². The van der Waals surface area contributed by atoms with Gasteiger partial charge in [0.15, 0.2) is 0 Å². The third kappa shape index (κ3) is 4.53. The number of hydrogen-bond acceptors (Lipinski definition) is 1. The number of rotatable bonds is 6. The standard InChI is InChI=1S/C23H32O/c1-3-4-17-24-23-15-13-22(14-16-23)21-11-9-20(10-12-21)19-7-5-18(2)6-8-19/h9,11-16,18-20H,3-8,10,17H2,1-2H3/t18-,19-,20?. The van der Waals surface area contributed by atoms with E-state index in [0.717, 1.165) is 36.5 Å². The summed E-state index contributed by atoms with van der Waals surface area (Å²) in [5.41, 5.74) is 2.68. The van der Waals surface area contributed by atoms with Crippen molar-refractivity contribution in [1.29, 1.82) is 0 Å². The van der Waals surface area contributed by atoms with Crippen LogP contribution in [0.25, 0.3) is 5.57 Å².